The van der Waals surface area contributed by atoms with Crippen molar-refractivity contribution in [2.75, 3.05) is 6.26 Å². The van der Waals surface area contributed by atoms with E-state index < -0.39 is 17.3 Å². The summed E-state index contributed by atoms with van der Waals surface area (Å²) < 4.78 is 37.1. The van der Waals surface area contributed by atoms with E-state index in [4.69, 9.17) is 8.42 Å². The molecule has 0 saturated heterocycles. The summed E-state index contributed by atoms with van der Waals surface area (Å²) in [7, 11) is 6.12. The van der Waals surface area contributed by atoms with Crippen LogP contribution in [-0.2, 0) is 17.3 Å². The van der Waals surface area contributed by atoms with Gasteiger partial charge in [0.05, 0.1) is 6.26 Å². The van der Waals surface area contributed by atoms with Crippen LogP contribution in [0.2, 0.25) is 0 Å². The summed E-state index contributed by atoms with van der Waals surface area (Å²) in [6, 6.07) is 0. The van der Waals surface area contributed by atoms with Gasteiger partial charge in [-0.1, -0.05) is 7.43 Å². The Balaban J connectivity index is -0.000000107. The first-order valence-corrected chi connectivity index (χ1v) is 7.39. The molecule has 0 aliphatic carbocycles. The van der Waals surface area contributed by atoms with Gasteiger partial charge in [-0.2, -0.15) is 8.42 Å². The smallest absolute Gasteiger partial charge is 0.213 e. The molecule has 0 aromatic heterocycles. The highest BCUT2D eigenvalue weighted by atomic mass is 36.0. The molecule has 0 aliphatic heterocycles. The molecule has 0 aliphatic rings. The first kappa shape index (κ1) is 17.8. The second-order valence-electron chi connectivity index (χ2n) is 1.06. The minimum atomic E-state index is -3.72. The van der Waals surface area contributed by atoms with Crippen LogP contribution in [-0.4, -0.2) is 23.1 Å². The Kier molecular flexibility index (Phi) is 10.2. The Morgan fingerprint density at radius 2 is 0.909 bits per heavy atom. The Morgan fingerprint density at radius 1 is 0.909 bits per heavy atom. The second-order valence-corrected chi connectivity index (χ2v) is 7.77. The van der Waals surface area contributed by atoms with Crippen LogP contribution in [0.3, 0.4) is 0 Å². The number of hydrogen-bond donors (Lipinski definition) is 0. The third-order valence-corrected chi connectivity index (χ3v) is 0. The fourth-order valence-corrected chi connectivity index (χ4v) is 0. The minimum absolute atomic E-state index is 0. The van der Waals surface area contributed by atoms with Crippen molar-refractivity contribution >= 4 is 49.4 Å². The molecule has 0 saturated carbocycles. The molecular weight excluding hydrogens is 259 g/mol. The van der Waals surface area contributed by atoms with Crippen LogP contribution in [0.4, 0.5) is 0 Å². The molecule has 0 atom stereocenters. The van der Waals surface area contributed by atoms with E-state index in [0.29, 0.717) is 0 Å². The lowest BCUT2D eigenvalue weighted by Gasteiger charge is -1.65. The maximum atomic E-state index is 9.40. The van der Waals surface area contributed by atoms with Gasteiger partial charge in [0.1, 0.15) is 0 Å². The fraction of sp³-hybridized carbons (Fsp3) is 1.00. The lowest BCUT2D eigenvalue weighted by atomic mass is 12.0. The normalized spacial score (nSPS) is 10.5. The fourth-order valence-electron chi connectivity index (χ4n) is 0. The van der Waals surface area contributed by atoms with E-state index in [0.717, 1.165) is 6.26 Å². The lowest BCUT2D eigenvalue weighted by Crippen LogP contribution is -1.76. The van der Waals surface area contributed by atoms with Crippen LogP contribution in [0, 0.1) is 0 Å². The molecule has 0 N–H and O–H groups in total. The van der Waals surface area contributed by atoms with Gasteiger partial charge >= 0.3 is 8.26 Å². The van der Waals surface area contributed by atoms with Crippen LogP contribution in [0.5, 0.6) is 0 Å². The van der Waals surface area contributed by atoms with Crippen LogP contribution >= 0.6 is 32.0 Å². The molecule has 0 amide bonds. The van der Waals surface area contributed by atoms with Gasteiger partial charge in [0.15, 0.2) is 0 Å². The van der Waals surface area contributed by atoms with Gasteiger partial charge in [-0.3, -0.25) is 0 Å². The molecule has 0 fully saturated rings. The zero-order valence-corrected chi connectivity index (χ0v) is 8.48. The topological polar surface area (TPSA) is 68.3 Å². The Bertz CT molecular complexity index is 218. The minimum Gasteiger partial charge on any atom is -0.213 e. The number of hydrogen-bond acceptors (Lipinski definition) is 4. The molecule has 0 aromatic carbocycles. The first-order chi connectivity index (χ1) is 4.00. The zero-order valence-electron chi connectivity index (χ0n) is 4.58. The summed E-state index contributed by atoms with van der Waals surface area (Å²) in [5.41, 5.74) is 0. The maximum absolute atomic E-state index is 9.40. The third-order valence-electron chi connectivity index (χ3n) is 0. The van der Waals surface area contributed by atoms with E-state index in [1.807, 2.05) is 0 Å². The summed E-state index contributed by atoms with van der Waals surface area (Å²) in [4.78, 5) is 0. The van der Waals surface area contributed by atoms with E-state index >= 15 is 0 Å². The summed E-state index contributed by atoms with van der Waals surface area (Å²) in [5.74, 6) is 0. The van der Waals surface area contributed by atoms with E-state index in [-0.39, 0.29) is 7.43 Å². The van der Waals surface area contributed by atoms with E-state index in [1.165, 1.54) is 0 Å². The lowest BCUT2D eigenvalue weighted by molar-refractivity contribution is 0.614. The van der Waals surface area contributed by atoms with E-state index in [2.05, 4.69) is 32.0 Å². The Morgan fingerprint density at radius 3 is 0.909 bits per heavy atom. The first-order valence-electron chi connectivity index (χ1n) is 1.54. The van der Waals surface area contributed by atoms with Gasteiger partial charge in [0.2, 0.25) is 9.05 Å². The van der Waals surface area contributed by atoms with E-state index in [9.17, 15) is 8.42 Å². The van der Waals surface area contributed by atoms with Crippen molar-refractivity contribution in [1.82, 2.24) is 0 Å². The van der Waals surface area contributed by atoms with Crippen LogP contribution in [0.25, 0.3) is 0 Å². The summed E-state index contributed by atoms with van der Waals surface area (Å²) >= 11 is 0. The highest BCUT2D eigenvalue weighted by molar-refractivity contribution is 8.31. The summed E-state index contributed by atoms with van der Waals surface area (Å²) in [6.45, 7) is 0. The molecule has 0 aromatic rings. The molecule has 0 heterocycles. The quantitative estimate of drug-likeness (QED) is 0.623. The Hall–Kier alpha value is 0.770. The Labute approximate surface area is 79.8 Å². The predicted octanol–water partition coefficient (Wildman–Crippen LogP) is 1.53. The molecule has 0 radical (unpaired) electrons. The van der Waals surface area contributed by atoms with Crippen molar-refractivity contribution in [3.8, 4) is 0 Å². The van der Waals surface area contributed by atoms with E-state index in [1.54, 1.807) is 0 Å². The maximum Gasteiger partial charge on any atom is 0.317 e. The highest BCUT2D eigenvalue weighted by Crippen LogP contribution is 1.98. The molecule has 72 valence electrons. The largest absolute Gasteiger partial charge is 0.317 e. The number of rotatable bonds is 0. The van der Waals surface area contributed by atoms with Crippen molar-refractivity contribution in [2.45, 2.75) is 7.43 Å². The molecule has 0 spiro atoms. The molecule has 0 bridgehead atoms. The van der Waals surface area contributed by atoms with Crippen molar-refractivity contribution in [3.63, 3.8) is 0 Å². The molecule has 9 heteroatoms. The summed E-state index contributed by atoms with van der Waals surface area (Å²) in [6.07, 6.45) is 0.925. The molecular formula is C2H7Cl3O4S2. The predicted molar refractivity (Wildman–Crippen MR) is 48.1 cm³/mol. The molecule has 0 unspecified atom stereocenters. The zero-order chi connectivity index (χ0) is 9.00. The number of halogens is 3. The average molecular weight is 266 g/mol. The van der Waals surface area contributed by atoms with Crippen LogP contribution in [0.15, 0.2) is 0 Å². The van der Waals surface area contributed by atoms with Crippen LogP contribution < -0.4 is 0 Å². The SMILES string of the molecule is C.CS(=O)(=O)Cl.O=S(=O)(Cl)Cl. The monoisotopic (exact) mass is 264 g/mol. The van der Waals surface area contributed by atoms with Gasteiger partial charge in [0, 0.05) is 32.0 Å². The third kappa shape index (κ3) is 1400. The molecule has 0 rings (SSSR count). The summed E-state index contributed by atoms with van der Waals surface area (Å²) in [5, 5.41) is 0. The standard InChI is InChI=1S/CH3ClO2S.CH4.Cl2O2S/c1-5(2,3)4;;1-5(2,3)4/h1H3;1H4;. The van der Waals surface area contributed by atoms with Gasteiger partial charge in [-0.25, -0.2) is 8.42 Å². The second kappa shape index (κ2) is 6.30. The van der Waals surface area contributed by atoms with Crippen molar-refractivity contribution in [3.05, 3.63) is 0 Å². The van der Waals surface area contributed by atoms with Crippen molar-refractivity contribution in [2.24, 2.45) is 0 Å². The van der Waals surface area contributed by atoms with Gasteiger partial charge in [-0.05, 0) is 0 Å². The molecule has 4 nitrogen and oxygen atoms in total. The van der Waals surface area contributed by atoms with Gasteiger partial charge in [-0.15, -0.1) is 0 Å². The van der Waals surface area contributed by atoms with Crippen molar-refractivity contribution in [1.29, 1.82) is 0 Å². The van der Waals surface area contributed by atoms with Crippen molar-refractivity contribution < 1.29 is 16.8 Å². The molecule has 11 heavy (non-hydrogen) atoms. The van der Waals surface area contributed by atoms with Gasteiger partial charge < -0.3 is 0 Å². The average Bonchev–Trinajstić information content (AvgIpc) is 1.12. The highest BCUT2D eigenvalue weighted by Gasteiger charge is 1.88. The van der Waals surface area contributed by atoms with Crippen LogP contribution in [0.1, 0.15) is 7.43 Å². The van der Waals surface area contributed by atoms with Gasteiger partial charge in [0.25, 0.3) is 0 Å².